The van der Waals surface area contributed by atoms with Crippen LogP contribution in [-0.2, 0) is 32.1 Å². The van der Waals surface area contributed by atoms with Gasteiger partial charge in [-0.1, -0.05) is 0 Å². The third-order valence-electron chi connectivity index (χ3n) is 8.69. The molecule has 0 N–H and O–H groups in total. The largest absolute Gasteiger partial charge is 0.147 e. The number of fused-ring (bicyclic) bond motifs is 3. The Hall–Kier alpha value is -1.35. The van der Waals surface area contributed by atoms with E-state index in [1.165, 1.54) is 44.5 Å². The molecule has 4 aromatic carbocycles. The van der Waals surface area contributed by atoms with Crippen molar-refractivity contribution < 1.29 is 21.3 Å². The van der Waals surface area contributed by atoms with Crippen molar-refractivity contribution in [2.45, 2.75) is 62.4 Å². The molecule has 0 bridgehead atoms. The zero-order valence-corrected chi connectivity index (χ0v) is 33.4. The third-order valence-corrected chi connectivity index (χ3v) is 18.0. The van der Waals surface area contributed by atoms with Gasteiger partial charge in [-0.3, -0.25) is 0 Å². The monoisotopic (exact) mass is 826 g/mol. The fraction of sp³-hybridized carbons (Fsp3) is 0.256. The van der Waals surface area contributed by atoms with Crippen LogP contribution in [0.15, 0.2) is 115 Å². The number of halogens is 4. The molecule has 0 atom stereocenters. The minimum atomic E-state index is -2.73. The van der Waals surface area contributed by atoms with E-state index in [0.717, 1.165) is 15.4 Å². The smallest absolute Gasteiger partial charge is 0.147 e. The molecule has 0 aliphatic heterocycles. The summed E-state index contributed by atoms with van der Waals surface area (Å²) in [6, 6.07) is 32.9. The molecule has 2 aliphatic rings. The maximum Gasteiger partial charge on any atom is -0.147 e. The van der Waals surface area contributed by atoms with Gasteiger partial charge in [0.25, 0.3) is 0 Å². The molecule has 0 saturated heterocycles. The van der Waals surface area contributed by atoms with Crippen molar-refractivity contribution in [3.8, 4) is 11.1 Å². The molecule has 0 fully saturated rings. The van der Waals surface area contributed by atoms with Gasteiger partial charge in [-0.15, -0.1) is 24.8 Å². The van der Waals surface area contributed by atoms with Gasteiger partial charge in [0.15, 0.2) is 0 Å². The van der Waals surface area contributed by atoms with Crippen molar-refractivity contribution in [3.63, 3.8) is 0 Å². The second-order valence-corrected chi connectivity index (χ2v) is 21.8. The molecular formula is C39H40Br2Cl2Zr. The topological polar surface area (TPSA) is 0 Å². The minimum Gasteiger partial charge on any atom is -0.147 e. The SMILES string of the molecule is CC(C)(C)c1ccc2c(c1)[CH]([Zr]([C]1=CC=CC1)=[C](c1ccc(Br)cc1)c1ccc(Br)cc1)c1cc(C(C)(C)C)ccc1-2.Cl.Cl. The summed E-state index contributed by atoms with van der Waals surface area (Å²) in [6.45, 7) is 14.0. The van der Waals surface area contributed by atoms with Crippen molar-refractivity contribution in [2.24, 2.45) is 0 Å². The van der Waals surface area contributed by atoms with Gasteiger partial charge in [-0.2, -0.15) is 0 Å². The van der Waals surface area contributed by atoms with E-state index in [0.29, 0.717) is 3.63 Å². The van der Waals surface area contributed by atoms with Gasteiger partial charge >= 0.3 is 279 Å². The van der Waals surface area contributed by atoms with Crippen molar-refractivity contribution in [2.75, 3.05) is 0 Å². The molecule has 44 heavy (non-hydrogen) atoms. The summed E-state index contributed by atoms with van der Waals surface area (Å²) in [5, 5.41) is 0. The van der Waals surface area contributed by atoms with E-state index < -0.39 is 21.3 Å². The van der Waals surface area contributed by atoms with Crippen LogP contribution in [0.25, 0.3) is 11.1 Å². The summed E-state index contributed by atoms with van der Waals surface area (Å²) in [6.07, 6.45) is 8.19. The zero-order valence-electron chi connectivity index (χ0n) is 26.2. The van der Waals surface area contributed by atoms with Gasteiger partial charge in [0.05, 0.1) is 0 Å². The number of hydrogen-bond donors (Lipinski definition) is 0. The Morgan fingerprint density at radius 2 is 1.07 bits per heavy atom. The van der Waals surface area contributed by atoms with E-state index in [4.69, 9.17) is 0 Å². The maximum atomic E-state index is 3.70. The van der Waals surface area contributed by atoms with E-state index in [-0.39, 0.29) is 35.6 Å². The van der Waals surface area contributed by atoms with Crippen LogP contribution in [0, 0.1) is 0 Å². The van der Waals surface area contributed by atoms with Gasteiger partial charge in [0, 0.05) is 0 Å². The van der Waals surface area contributed by atoms with Crippen molar-refractivity contribution in [1.82, 2.24) is 0 Å². The molecule has 6 rings (SSSR count). The van der Waals surface area contributed by atoms with Gasteiger partial charge in [0.1, 0.15) is 0 Å². The van der Waals surface area contributed by atoms with Crippen LogP contribution in [0.4, 0.5) is 0 Å². The van der Waals surface area contributed by atoms with Crippen molar-refractivity contribution in [3.05, 3.63) is 149 Å². The van der Waals surface area contributed by atoms with Crippen LogP contribution >= 0.6 is 56.7 Å². The van der Waals surface area contributed by atoms with Gasteiger partial charge in [-0.05, 0) is 0 Å². The molecule has 0 heterocycles. The first-order valence-electron chi connectivity index (χ1n) is 14.8. The average Bonchev–Trinajstić information content (AvgIpc) is 3.58. The van der Waals surface area contributed by atoms with Crippen LogP contribution in [0.1, 0.15) is 85.0 Å². The quantitative estimate of drug-likeness (QED) is 0.192. The molecule has 0 nitrogen and oxygen atoms in total. The van der Waals surface area contributed by atoms with E-state index in [2.05, 4.69) is 177 Å². The molecule has 228 valence electrons. The molecule has 0 radical (unpaired) electrons. The summed E-state index contributed by atoms with van der Waals surface area (Å²) in [5.41, 5.74) is 11.7. The number of rotatable bonds is 4. The molecule has 5 heteroatoms. The Morgan fingerprint density at radius 1 is 0.636 bits per heavy atom. The van der Waals surface area contributed by atoms with Crippen molar-refractivity contribution >= 4 is 59.9 Å². The predicted octanol–water partition coefficient (Wildman–Crippen LogP) is 12.5. The predicted molar refractivity (Wildman–Crippen MR) is 199 cm³/mol. The summed E-state index contributed by atoms with van der Waals surface area (Å²) >= 11 is 4.68. The summed E-state index contributed by atoms with van der Waals surface area (Å²) < 4.78 is 5.89. The number of benzene rings is 4. The Morgan fingerprint density at radius 3 is 1.43 bits per heavy atom. The third kappa shape index (κ3) is 6.99. The van der Waals surface area contributed by atoms with Gasteiger partial charge < -0.3 is 0 Å². The molecule has 4 aromatic rings. The Kier molecular flexibility index (Phi) is 11.1. The van der Waals surface area contributed by atoms with E-state index in [1.54, 1.807) is 6.49 Å². The first kappa shape index (κ1) is 35.5. The Bertz CT molecular complexity index is 1660. The second kappa shape index (κ2) is 13.8. The maximum absolute atomic E-state index is 3.70. The van der Waals surface area contributed by atoms with E-state index in [1.807, 2.05) is 0 Å². The minimum absolute atomic E-state index is 0. The molecule has 0 amide bonds. The molecule has 0 unspecified atom stereocenters. The van der Waals surface area contributed by atoms with Crippen molar-refractivity contribution in [1.29, 1.82) is 0 Å². The van der Waals surface area contributed by atoms with Crippen LogP contribution < -0.4 is 0 Å². The van der Waals surface area contributed by atoms with Crippen LogP contribution in [0.2, 0.25) is 0 Å². The van der Waals surface area contributed by atoms with Crippen LogP contribution in [0.3, 0.4) is 0 Å². The average molecular weight is 831 g/mol. The zero-order chi connectivity index (χ0) is 29.8. The number of hydrogen-bond acceptors (Lipinski definition) is 0. The van der Waals surface area contributed by atoms with E-state index in [9.17, 15) is 0 Å². The first-order chi connectivity index (χ1) is 19.9. The molecular weight excluding hydrogens is 790 g/mol. The molecule has 0 spiro atoms. The summed E-state index contributed by atoms with van der Waals surface area (Å²) in [5.74, 6) is 0. The summed E-state index contributed by atoms with van der Waals surface area (Å²) in [7, 11) is 0. The Balaban J connectivity index is 0.00000221. The normalized spacial score (nSPS) is 13.9. The molecule has 0 aromatic heterocycles. The number of allylic oxidation sites excluding steroid dienone is 4. The fourth-order valence-corrected chi connectivity index (χ4v) is 15.9. The molecule has 2 aliphatic carbocycles. The van der Waals surface area contributed by atoms with Gasteiger partial charge in [0.2, 0.25) is 0 Å². The standard InChI is InChI=1S/C21H25.C13H8Br2.C5H5.2ClH.Zr/c1-20(2,3)16-7-9-18-14(12-16)11-15-13-17(21(4,5)6)8-10-19(15)18;14-12-5-1-10(2-6-12)9-11-3-7-13(15)8-4-11;1-2-4-5-3-1;;;/h7-13H,1-6H3;1-8H;1-3H,4H2;2*1H;. The Labute approximate surface area is 300 Å². The summed E-state index contributed by atoms with van der Waals surface area (Å²) in [4.78, 5) is 0. The van der Waals surface area contributed by atoms with E-state index >= 15 is 0 Å². The molecule has 0 saturated carbocycles. The van der Waals surface area contributed by atoms with Gasteiger partial charge in [-0.25, -0.2) is 0 Å². The second-order valence-electron chi connectivity index (χ2n) is 13.7. The fourth-order valence-electron chi connectivity index (χ4n) is 6.35. The first-order valence-corrected chi connectivity index (χ1v) is 20.3. The van der Waals surface area contributed by atoms with Crippen LogP contribution in [-0.4, -0.2) is 3.21 Å². The van der Waals surface area contributed by atoms with Crippen LogP contribution in [0.5, 0.6) is 0 Å².